The topological polar surface area (TPSA) is 41.9 Å². The predicted octanol–water partition coefficient (Wildman–Crippen LogP) is 2.69. The highest BCUT2D eigenvalue weighted by Crippen LogP contribution is 2.29. The highest BCUT2D eigenvalue weighted by atomic mass is 16.5. The SMILES string of the molecule is CCCN(CC(O)COCc1ccccc1OC)CC1CC1. The van der Waals surface area contributed by atoms with Gasteiger partial charge in [0, 0.05) is 18.7 Å². The first-order valence-corrected chi connectivity index (χ1v) is 8.33. The van der Waals surface area contributed by atoms with Crippen LogP contribution in [0.15, 0.2) is 24.3 Å². The smallest absolute Gasteiger partial charge is 0.124 e. The molecule has 124 valence electrons. The number of aliphatic hydroxyl groups excluding tert-OH is 1. The van der Waals surface area contributed by atoms with Crippen molar-refractivity contribution < 1.29 is 14.6 Å². The summed E-state index contributed by atoms with van der Waals surface area (Å²) in [6.07, 6.45) is 3.39. The molecule has 0 heterocycles. The van der Waals surface area contributed by atoms with Crippen LogP contribution in [0, 0.1) is 5.92 Å². The van der Waals surface area contributed by atoms with Crippen molar-refractivity contribution in [1.29, 1.82) is 0 Å². The maximum atomic E-state index is 10.2. The van der Waals surface area contributed by atoms with Gasteiger partial charge in [-0.25, -0.2) is 0 Å². The van der Waals surface area contributed by atoms with Crippen LogP contribution in [0.2, 0.25) is 0 Å². The fraction of sp³-hybridized carbons (Fsp3) is 0.667. The van der Waals surface area contributed by atoms with Gasteiger partial charge in [0.15, 0.2) is 0 Å². The summed E-state index contributed by atoms with van der Waals surface area (Å²) < 4.78 is 11.0. The van der Waals surface area contributed by atoms with Crippen molar-refractivity contribution in [2.24, 2.45) is 5.92 Å². The number of rotatable bonds is 11. The number of hydrogen-bond donors (Lipinski definition) is 1. The van der Waals surface area contributed by atoms with Gasteiger partial charge >= 0.3 is 0 Å². The van der Waals surface area contributed by atoms with Crippen molar-refractivity contribution in [3.63, 3.8) is 0 Å². The average Bonchev–Trinajstić information content (AvgIpc) is 3.32. The van der Waals surface area contributed by atoms with Gasteiger partial charge in [-0.3, -0.25) is 0 Å². The van der Waals surface area contributed by atoms with Crippen molar-refractivity contribution in [2.75, 3.05) is 33.4 Å². The molecule has 1 fully saturated rings. The first kappa shape index (κ1) is 17.3. The van der Waals surface area contributed by atoms with E-state index in [1.54, 1.807) is 7.11 Å². The minimum atomic E-state index is -0.431. The lowest BCUT2D eigenvalue weighted by Gasteiger charge is -2.24. The van der Waals surface area contributed by atoms with E-state index in [0.717, 1.165) is 36.7 Å². The molecule has 0 aliphatic heterocycles. The second-order valence-corrected chi connectivity index (χ2v) is 6.18. The summed E-state index contributed by atoms with van der Waals surface area (Å²) in [5.41, 5.74) is 1.01. The van der Waals surface area contributed by atoms with Crippen LogP contribution in [0.3, 0.4) is 0 Å². The van der Waals surface area contributed by atoms with E-state index < -0.39 is 6.10 Å². The first-order chi connectivity index (χ1) is 10.7. The Bertz CT molecular complexity index is 434. The van der Waals surface area contributed by atoms with Crippen LogP contribution in [0.5, 0.6) is 5.75 Å². The molecular weight excluding hydrogens is 278 g/mol. The molecule has 0 spiro atoms. The van der Waals surface area contributed by atoms with Crippen LogP contribution in [0.4, 0.5) is 0 Å². The molecule has 2 rings (SSSR count). The molecule has 0 saturated heterocycles. The molecule has 0 amide bonds. The Labute approximate surface area is 134 Å². The van der Waals surface area contributed by atoms with Crippen molar-refractivity contribution >= 4 is 0 Å². The van der Waals surface area contributed by atoms with Gasteiger partial charge in [0.1, 0.15) is 5.75 Å². The van der Waals surface area contributed by atoms with Crippen molar-refractivity contribution in [3.8, 4) is 5.75 Å². The summed E-state index contributed by atoms with van der Waals surface area (Å²) in [5.74, 6) is 1.69. The zero-order chi connectivity index (χ0) is 15.8. The summed E-state index contributed by atoms with van der Waals surface area (Å²) in [7, 11) is 1.66. The van der Waals surface area contributed by atoms with E-state index in [0.29, 0.717) is 19.8 Å². The molecule has 22 heavy (non-hydrogen) atoms. The monoisotopic (exact) mass is 307 g/mol. The highest BCUT2D eigenvalue weighted by molar-refractivity contribution is 5.32. The number of methoxy groups -OCH3 is 1. The van der Waals surface area contributed by atoms with E-state index in [1.165, 1.54) is 12.8 Å². The van der Waals surface area contributed by atoms with E-state index in [-0.39, 0.29) is 0 Å². The van der Waals surface area contributed by atoms with Gasteiger partial charge in [0.2, 0.25) is 0 Å². The normalized spacial score (nSPS) is 16.0. The fourth-order valence-electron chi connectivity index (χ4n) is 2.72. The first-order valence-electron chi connectivity index (χ1n) is 8.33. The molecule has 1 N–H and O–H groups in total. The van der Waals surface area contributed by atoms with Gasteiger partial charge in [-0.05, 0) is 37.8 Å². The predicted molar refractivity (Wildman–Crippen MR) is 88.1 cm³/mol. The molecule has 1 aromatic rings. The summed E-state index contributed by atoms with van der Waals surface area (Å²) in [6.45, 7) is 5.90. The van der Waals surface area contributed by atoms with Crippen molar-refractivity contribution in [2.45, 2.75) is 38.9 Å². The second-order valence-electron chi connectivity index (χ2n) is 6.18. The summed E-state index contributed by atoms with van der Waals surface area (Å²) in [6, 6.07) is 7.82. The molecule has 4 heteroatoms. The number of hydrogen-bond acceptors (Lipinski definition) is 4. The van der Waals surface area contributed by atoms with Crippen LogP contribution in [0.25, 0.3) is 0 Å². The third-order valence-corrected chi connectivity index (χ3v) is 3.98. The number of ether oxygens (including phenoxy) is 2. The van der Waals surface area contributed by atoms with E-state index in [1.807, 2.05) is 24.3 Å². The van der Waals surface area contributed by atoms with Crippen molar-refractivity contribution in [1.82, 2.24) is 4.90 Å². The molecule has 1 saturated carbocycles. The Morgan fingerprint density at radius 2 is 2.09 bits per heavy atom. The van der Waals surface area contributed by atoms with Crippen LogP contribution in [-0.4, -0.2) is 49.5 Å². The minimum absolute atomic E-state index is 0.364. The van der Waals surface area contributed by atoms with Crippen LogP contribution in [0.1, 0.15) is 31.7 Å². The lowest BCUT2D eigenvalue weighted by atomic mass is 10.2. The Balaban J connectivity index is 1.70. The third kappa shape index (κ3) is 5.95. The van der Waals surface area contributed by atoms with Crippen LogP contribution >= 0.6 is 0 Å². The molecule has 0 aromatic heterocycles. The Morgan fingerprint density at radius 1 is 1.32 bits per heavy atom. The van der Waals surface area contributed by atoms with E-state index in [4.69, 9.17) is 9.47 Å². The van der Waals surface area contributed by atoms with E-state index >= 15 is 0 Å². The van der Waals surface area contributed by atoms with Crippen molar-refractivity contribution in [3.05, 3.63) is 29.8 Å². The largest absolute Gasteiger partial charge is 0.496 e. The molecule has 0 bridgehead atoms. The fourth-order valence-corrected chi connectivity index (χ4v) is 2.72. The lowest BCUT2D eigenvalue weighted by Crippen LogP contribution is -2.36. The Kier molecular flexibility index (Phi) is 7.16. The molecule has 1 unspecified atom stereocenters. The molecule has 4 nitrogen and oxygen atoms in total. The Hall–Kier alpha value is -1.10. The molecule has 1 aliphatic rings. The van der Waals surface area contributed by atoms with Crippen LogP contribution < -0.4 is 4.74 Å². The van der Waals surface area contributed by atoms with Crippen LogP contribution in [-0.2, 0) is 11.3 Å². The minimum Gasteiger partial charge on any atom is -0.496 e. The summed E-state index contributed by atoms with van der Waals surface area (Å²) in [4.78, 5) is 2.37. The van der Waals surface area contributed by atoms with E-state index in [9.17, 15) is 5.11 Å². The lowest BCUT2D eigenvalue weighted by molar-refractivity contribution is 0.00871. The Morgan fingerprint density at radius 3 is 2.77 bits per heavy atom. The maximum Gasteiger partial charge on any atom is 0.124 e. The number of nitrogens with zero attached hydrogens (tertiary/aromatic N) is 1. The molecule has 0 radical (unpaired) electrons. The third-order valence-electron chi connectivity index (χ3n) is 3.98. The summed E-state index contributed by atoms with van der Waals surface area (Å²) in [5, 5.41) is 10.2. The molecule has 1 atom stereocenters. The van der Waals surface area contributed by atoms with Gasteiger partial charge in [-0.1, -0.05) is 25.1 Å². The van der Waals surface area contributed by atoms with Gasteiger partial charge < -0.3 is 19.5 Å². The standard InChI is InChI=1S/C18H29NO3/c1-3-10-19(11-15-8-9-15)12-17(20)14-22-13-16-6-4-5-7-18(16)21-2/h4-7,15,17,20H,3,8-14H2,1-2H3. The second kappa shape index (κ2) is 9.13. The molecule has 1 aromatic carbocycles. The van der Waals surface area contributed by atoms with Gasteiger partial charge in [0.05, 0.1) is 26.4 Å². The number of benzene rings is 1. The zero-order valence-corrected chi connectivity index (χ0v) is 13.8. The number of aliphatic hydroxyl groups is 1. The van der Waals surface area contributed by atoms with Gasteiger partial charge in [0.25, 0.3) is 0 Å². The molecule has 1 aliphatic carbocycles. The quantitative estimate of drug-likeness (QED) is 0.682. The van der Waals surface area contributed by atoms with Gasteiger partial charge in [-0.15, -0.1) is 0 Å². The zero-order valence-electron chi connectivity index (χ0n) is 13.8. The summed E-state index contributed by atoms with van der Waals surface area (Å²) >= 11 is 0. The number of para-hydroxylation sites is 1. The van der Waals surface area contributed by atoms with E-state index in [2.05, 4.69) is 11.8 Å². The average molecular weight is 307 g/mol. The highest BCUT2D eigenvalue weighted by Gasteiger charge is 2.24. The van der Waals surface area contributed by atoms with Gasteiger partial charge in [-0.2, -0.15) is 0 Å². The molecular formula is C18H29NO3. The maximum absolute atomic E-state index is 10.2.